The van der Waals surface area contributed by atoms with Crippen molar-refractivity contribution < 1.29 is 18.8 Å². The summed E-state index contributed by atoms with van der Waals surface area (Å²) in [5.41, 5.74) is 4.91. The number of nitrogens with one attached hydrogen (secondary N) is 3. The third-order valence-electron chi connectivity index (χ3n) is 3.15. The highest BCUT2D eigenvalue weighted by Crippen LogP contribution is 2.12. The topological polar surface area (TPSA) is 90.5 Å². The Bertz CT molecular complexity index is 637. The number of halogens is 1. The minimum absolute atomic E-state index is 0.0109. The van der Waals surface area contributed by atoms with Crippen LogP contribution in [0.3, 0.4) is 0 Å². The van der Waals surface area contributed by atoms with E-state index >= 15 is 0 Å². The number of para-hydroxylation sites is 1. The second-order valence-electron chi connectivity index (χ2n) is 4.80. The maximum atomic E-state index is 13.4. The van der Waals surface area contributed by atoms with Gasteiger partial charge in [0.25, 0.3) is 0 Å². The highest BCUT2D eigenvalue weighted by molar-refractivity contribution is 7.80. The molecular formula is C14H15FN4O3S. The minimum atomic E-state index is -0.478. The Kier molecular flexibility index (Phi) is 5.58. The fourth-order valence-electron chi connectivity index (χ4n) is 1.99. The molecule has 0 radical (unpaired) electrons. The first-order chi connectivity index (χ1) is 11.0. The van der Waals surface area contributed by atoms with Crippen molar-refractivity contribution in [2.45, 2.75) is 19.3 Å². The van der Waals surface area contributed by atoms with E-state index in [9.17, 15) is 18.8 Å². The Labute approximate surface area is 137 Å². The SMILES string of the molecule is O=C(CCN1C(=O)CCC1=O)NNC(=S)Nc1ccccc1F. The summed E-state index contributed by atoms with van der Waals surface area (Å²) in [4.78, 5) is 35.5. The molecule has 9 heteroatoms. The summed E-state index contributed by atoms with van der Waals surface area (Å²) in [7, 11) is 0. The zero-order valence-electron chi connectivity index (χ0n) is 12.1. The molecular weight excluding hydrogens is 323 g/mol. The summed E-state index contributed by atoms with van der Waals surface area (Å²) < 4.78 is 13.4. The molecule has 23 heavy (non-hydrogen) atoms. The Hall–Kier alpha value is -2.55. The minimum Gasteiger partial charge on any atom is -0.329 e. The lowest BCUT2D eigenvalue weighted by atomic mass is 10.3. The van der Waals surface area contributed by atoms with Gasteiger partial charge in [-0.1, -0.05) is 12.1 Å². The average Bonchev–Trinajstić information content (AvgIpc) is 2.84. The third-order valence-corrected chi connectivity index (χ3v) is 3.36. The molecule has 1 heterocycles. The van der Waals surface area contributed by atoms with Gasteiger partial charge in [-0.05, 0) is 24.4 Å². The number of rotatable bonds is 4. The Morgan fingerprint density at radius 1 is 1.17 bits per heavy atom. The first kappa shape index (κ1) is 16.8. The fourth-order valence-corrected chi connectivity index (χ4v) is 2.15. The molecule has 1 aliphatic heterocycles. The molecule has 1 fully saturated rings. The molecule has 1 aromatic carbocycles. The number of amides is 3. The Balaban J connectivity index is 1.72. The van der Waals surface area contributed by atoms with Crippen LogP contribution < -0.4 is 16.2 Å². The van der Waals surface area contributed by atoms with E-state index in [4.69, 9.17) is 12.2 Å². The van der Waals surface area contributed by atoms with Crippen molar-refractivity contribution in [3.63, 3.8) is 0 Å². The number of thiocarbonyl (C=S) groups is 1. The second-order valence-corrected chi connectivity index (χ2v) is 5.20. The normalized spacial score (nSPS) is 13.9. The molecule has 0 saturated carbocycles. The van der Waals surface area contributed by atoms with Crippen LogP contribution in [0.5, 0.6) is 0 Å². The zero-order chi connectivity index (χ0) is 16.8. The van der Waals surface area contributed by atoms with Crippen molar-refractivity contribution in [1.82, 2.24) is 15.8 Å². The first-order valence-corrected chi connectivity index (χ1v) is 7.32. The van der Waals surface area contributed by atoms with Gasteiger partial charge in [-0.2, -0.15) is 0 Å². The maximum absolute atomic E-state index is 13.4. The molecule has 0 aliphatic carbocycles. The molecule has 3 N–H and O–H groups in total. The van der Waals surface area contributed by atoms with Gasteiger partial charge in [-0.3, -0.25) is 30.1 Å². The number of hydrazine groups is 1. The third kappa shape index (κ3) is 4.71. The van der Waals surface area contributed by atoms with E-state index < -0.39 is 11.7 Å². The number of carbonyl (C=O) groups excluding carboxylic acids is 3. The monoisotopic (exact) mass is 338 g/mol. The van der Waals surface area contributed by atoms with Gasteiger partial charge in [0.15, 0.2) is 5.11 Å². The summed E-state index contributed by atoms with van der Waals surface area (Å²) in [6.45, 7) is 0.0265. The van der Waals surface area contributed by atoms with Crippen molar-refractivity contribution in [1.29, 1.82) is 0 Å². The number of hydrogen-bond donors (Lipinski definition) is 3. The molecule has 1 aromatic rings. The van der Waals surface area contributed by atoms with Crippen LogP contribution in [0, 0.1) is 5.82 Å². The lowest BCUT2D eigenvalue weighted by molar-refractivity contribution is -0.138. The summed E-state index contributed by atoms with van der Waals surface area (Å²) in [5, 5.41) is 2.60. The lowest BCUT2D eigenvalue weighted by Gasteiger charge is -2.14. The number of hydrogen-bond acceptors (Lipinski definition) is 4. The van der Waals surface area contributed by atoms with Crippen LogP contribution in [-0.4, -0.2) is 34.3 Å². The molecule has 7 nitrogen and oxygen atoms in total. The lowest BCUT2D eigenvalue weighted by Crippen LogP contribution is -2.45. The van der Waals surface area contributed by atoms with Gasteiger partial charge in [0.1, 0.15) is 5.82 Å². The highest BCUT2D eigenvalue weighted by atomic mass is 32.1. The quantitative estimate of drug-likeness (QED) is 0.425. The van der Waals surface area contributed by atoms with Gasteiger partial charge in [-0.25, -0.2) is 4.39 Å². The summed E-state index contributed by atoms with van der Waals surface area (Å²) in [6.07, 6.45) is 0.331. The van der Waals surface area contributed by atoms with E-state index in [2.05, 4.69) is 16.2 Å². The van der Waals surface area contributed by atoms with Crippen LogP contribution in [0.4, 0.5) is 10.1 Å². The van der Waals surface area contributed by atoms with Crippen LogP contribution in [0.1, 0.15) is 19.3 Å². The van der Waals surface area contributed by atoms with Crippen LogP contribution in [0.15, 0.2) is 24.3 Å². The van der Waals surface area contributed by atoms with Crippen LogP contribution >= 0.6 is 12.2 Å². The number of anilines is 1. The first-order valence-electron chi connectivity index (χ1n) is 6.91. The van der Waals surface area contributed by atoms with E-state index in [1.807, 2.05) is 0 Å². The Morgan fingerprint density at radius 3 is 2.48 bits per heavy atom. The van der Waals surface area contributed by atoms with Crippen molar-refractivity contribution in [2.24, 2.45) is 0 Å². The van der Waals surface area contributed by atoms with Gasteiger partial charge in [0, 0.05) is 25.8 Å². The van der Waals surface area contributed by atoms with Crippen LogP contribution in [0.2, 0.25) is 0 Å². The zero-order valence-corrected chi connectivity index (χ0v) is 12.9. The molecule has 3 amide bonds. The average molecular weight is 338 g/mol. The molecule has 2 rings (SSSR count). The summed E-state index contributed by atoms with van der Waals surface area (Å²) in [5.74, 6) is -1.47. The van der Waals surface area contributed by atoms with Gasteiger partial charge < -0.3 is 5.32 Å². The van der Waals surface area contributed by atoms with Gasteiger partial charge in [0.2, 0.25) is 17.7 Å². The maximum Gasteiger partial charge on any atom is 0.240 e. The number of imide groups is 1. The summed E-state index contributed by atoms with van der Waals surface area (Å²) >= 11 is 4.92. The molecule has 1 saturated heterocycles. The van der Waals surface area contributed by atoms with E-state index in [1.165, 1.54) is 12.1 Å². The van der Waals surface area contributed by atoms with E-state index in [0.29, 0.717) is 0 Å². The second kappa shape index (κ2) is 7.63. The van der Waals surface area contributed by atoms with Crippen LogP contribution in [-0.2, 0) is 14.4 Å². The van der Waals surface area contributed by atoms with Crippen molar-refractivity contribution in [3.05, 3.63) is 30.1 Å². The molecule has 1 aliphatic rings. The highest BCUT2D eigenvalue weighted by Gasteiger charge is 2.28. The number of benzene rings is 1. The van der Waals surface area contributed by atoms with Gasteiger partial charge in [0.05, 0.1) is 5.69 Å². The van der Waals surface area contributed by atoms with Crippen LogP contribution in [0.25, 0.3) is 0 Å². The van der Waals surface area contributed by atoms with Gasteiger partial charge in [-0.15, -0.1) is 0 Å². The number of nitrogens with zero attached hydrogens (tertiary/aromatic N) is 1. The Morgan fingerprint density at radius 2 is 1.83 bits per heavy atom. The van der Waals surface area contributed by atoms with Gasteiger partial charge >= 0.3 is 0 Å². The van der Waals surface area contributed by atoms with Crippen molar-refractivity contribution >= 4 is 40.7 Å². The smallest absolute Gasteiger partial charge is 0.240 e. The molecule has 0 unspecified atom stereocenters. The molecule has 0 atom stereocenters. The van der Waals surface area contributed by atoms with E-state index in [-0.39, 0.29) is 48.4 Å². The van der Waals surface area contributed by atoms with Crippen molar-refractivity contribution in [2.75, 3.05) is 11.9 Å². The predicted octanol–water partition coefficient (Wildman–Crippen LogP) is 0.682. The largest absolute Gasteiger partial charge is 0.329 e. The standard InChI is InChI=1S/C14H15FN4O3S/c15-9-3-1-2-4-10(9)16-14(23)18-17-11(20)7-8-19-12(21)5-6-13(19)22/h1-4H,5-8H2,(H,17,20)(H2,16,18,23). The molecule has 122 valence electrons. The molecule has 0 aromatic heterocycles. The summed E-state index contributed by atoms with van der Waals surface area (Å²) in [6, 6.07) is 5.94. The van der Waals surface area contributed by atoms with E-state index in [1.54, 1.807) is 12.1 Å². The molecule has 0 spiro atoms. The van der Waals surface area contributed by atoms with E-state index in [0.717, 1.165) is 4.90 Å². The predicted molar refractivity (Wildman–Crippen MR) is 84.5 cm³/mol. The fraction of sp³-hybridized carbons (Fsp3) is 0.286. The number of likely N-dealkylation sites (tertiary alicyclic amines) is 1. The number of carbonyl (C=O) groups is 3. The van der Waals surface area contributed by atoms with Crippen molar-refractivity contribution in [3.8, 4) is 0 Å². The molecule has 0 bridgehead atoms.